The molecule has 0 aromatic heterocycles. The third-order valence-electron chi connectivity index (χ3n) is 7.66. The molecule has 5 rings (SSSR count). The first-order chi connectivity index (χ1) is 17.1. The Bertz CT molecular complexity index is 1090. The summed E-state index contributed by atoms with van der Waals surface area (Å²) in [7, 11) is 3.87. The van der Waals surface area contributed by atoms with Gasteiger partial charge in [-0.25, -0.2) is 0 Å². The lowest BCUT2D eigenvalue weighted by molar-refractivity contribution is 0.0761. The van der Waals surface area contributed by atoms with Crippen LogP contribution in [0.1, 0.15) is 72.0 Å². The van der Waals surface area contributed by atoms with Gasteiger partial charge in [0.25, 0.3) is 5.91 Å². The molecule has 0 aliphatic carbocycles. The van der Waals surface area contributed by atoms with Crippen LogP contribution >= 0.6 is 0 Å². The molecule has 0 bridgehead atoms. The van der Waals surface area contributed by atoms with Gasteiger partial charge in [0.15, 0.2) is 11.5 Å². The van der Waals surface area contributed by atoms with Crippen molar-refractivity contribution in [3.05, 3.63) is 58.7 Å². The number of methoxy groups -OCH3 is 1. The van der Waals surface area contributed by atoms with Crippen molar-refractivity contribution >= 4 is 11.6 Å². The Morgan fingerprint density at radius 3 is 2.46 bits per heavy atom. The lowest BCUT2D eigenvalue weighted by Crippen LogP contribution is -2.41. The maximum Gasteiger partial charge on any atom is 0.253 e. The van der Waals surface area contributed by atoms with E-state index < -0.39 is 0 Å². The van der Waals surface area contributed by atoms with E-state index >= 15 is 0 Å². The standard InChI is InChI=1S/C29H37N3O3/c1-4-35-27-17-22-23(18-26(27)34-3)28(30-25-13-16-31(2)19-24(22)25)20-9-11-21(12-10-20)29(33)32-14-7-5-6-8-15-32/h9-12,17-18,24-25H,4-8,13-16,19H2,1-3H3/t24-,25-/m1/s1. The van der Waals surface area contributed by atoms with Crippen molar-refractivity contribution in [2.75, 3.05) is 46.9 Å². The van der Waals surface area contributed by atoms with Crippen LogP contribution in [0.5, 0.6) is 11.5 Å². The highest BCUT2D eigenvalue weighted by Crippen LogP contribution is 2.42. The van der Waals surface area contributed by atoms with Gasteiger partial charge in [-0.15, -0.1) is 0 Å². The summed E-state index contributed by atoms with van der Waals surface area (Å²) in [6.45, 7) is 6.34. The molecule has 1 amide bonds. The molecule has 2 aromatic carbocycles. The largest absolute Gasteiger partial charge is 0.493 e. The molecule has 2 fully saturated rings. The van der Waals surface area contributed by atoms with Crippen LogP contribution in [-0.4, -0.2) is 74.4 Å². The van der Waals surface area contributed by atoms with Gasteiger partial charge in [0.05, 0.1) is 25.5 Å². The smallest absolute Gasteiger partial charge is 0.253 e. The number of carbonyl (C=O) groups excluding carboxylic acids is 1. The molecule has 3 aliphatic heterocycles. The van der Waals surface area contributed by atoms with Crippen molar-refractivity contribution in [1.29, 1.82) is 0 Å². The average molecular weight is 476 g/mol. The second-order valence-corrected chi connectivity index (χ2v) is 10.0. The molecule has 3 aliphatic rings. The Hall–Kier alpha value is -2.86. The minimum absolute atomic E-state index is 0.142. The molecule has 6 nitrogen and oxygen atoms in total. The Morgan fingerprint density at radius 2 is 1.77 bits per heavy atom. The molecule has 0 unspecified atom stereocenters. The average Bonchev–Trinajstić information content (AvgIpc) is 3.18. The second kappa shape index (κ2) is 10.4. The van der Waals surface area contributed by atoms with E-state index in [4.69, 9.17) is 14.5 Å². The number of fused-ring (bicyclic) bond motifs is 3. The summed E-state index contributed by atoms with van der Waals surface area (Å²) >= 11 is 0. The molecule has 186 valence electrons. The molecular formula is C29H37N3O3. The Morgan fingerprint density at radius 1 is 1.03 bits per heavy atom. The second-order valence-electron chi connectivity index (χ2n) is 10.0. The third-order valence-corrected chi connectivity index (χ3v) is 7.66. The fraction of sp³-hybridized carbons (Fsp3) is 0.517. The minimum atomic E-state index is 0.142. The zero-order valence-electron chi connectivity index (χ0n) is 21.3. The summed E-state index contributed by atoms with van der Waals surface area (Å²) in [5.41, 5.74) is 5.17. The molecule has 0 saturated carbocycles. The number of benzene rings is 2. The van der Waals surface area contributed by atoms with Crippen molar-refractivity contribution in [3.8, 4) is 11.5 Å². The first-order valence-electron chi connectivity index (χ1n) is 13.1. The fourth-order valence-electron chi connectivity index (χ4n) is 5.77. The predicted molar refractivity (Wildman–Crippen MR) is 139 cm³/mol. The van der Waals surface area contributed by atoms with E-state index in [1.165, 1.54) is 18.4 Å². The highest BCUT2D eigenvalue weighted by Gasteiger charge is 2.36. The van der Waals surface area contributed by atoms with Crippen molar-refractivity contribution in [3.63, 3.8) is 0 Å². The Balaban J connectivity index is 1.50. The fourth-order valence-corrected chi connectivity index (χ4v) is 5.77. The topological polar surface area (TPSA) is 54.4 Å². The van der Waals surface area contributed by atoms with E-state index in [2.05, 4.69) is 36.2 Å². The van der Waals surface area contributed by atoms with Crippen molar-refractivity contribution in [1.82, 2.24) is 9.80 Å². The number of likely N-dealkylation sites (tertiary alicyclic amines) is 2. The van der Waals surface area contributed by atoms with Gasteiger partial charge >= 0.3 is 0 Å². The van der Waals surface area contributed by atoms with Crippen molar-refractivity contribution < 1.29 is 14.3 Å². The number of amides is 1. The van der Waals surface area contributed by atoms with Crippen molar-refractivity contribution in [2.45, 2.75) is 51.0 Å². The maximum absolute atomic E-state index is 13.1. The quantitative estimate of drug-likeness (QED) is 0.626. The summed E-state index contributed by atoms with van der Waals surface area (Å²) in [5.74, 6) is 2.00. The SMILES string of the molecule is CCOc1cc2c(cc1OC)C(c1ccc(C(=O)N3CCCCCC3)cc1)=N[C@@H]1CCN(C)C[C@H]21. The molecule has 0 N–H and O–H groups in total. The Labute approximate surface area is 208 Å². The normalized spacial score (nSPS) is 22.5. The lowest BCUT2D eigenvalue weighted by Gasteiger charge is -2.39. The maximum atomic E-state index is 13.1. The number of hydrogen-bond acceptors (Lipinski definition) is 5. The molecule has 2 atom stereocenters. The number of piperidine rings is 1. The van der Waals surface area contributed by atoms with Crippen LogP contribution < -0.4 is 9.47 Å². The van der Waals surface area contributed by atoms with Gasteiger partial charge in [-0.3, -0.25) is 9.79 Å². The van der Waals surface area contributed by atoms with Gasteiger partial charge in [-0.1, -0.05) is 25.0 Å². The summed E-state index contributed by atoms with van der Waals surface area (Å²) in [4.78, 5) is 22.8. The number of aliphatic imine (C=N–C) groups is 1. The van der Waals surface area contributed by atoms with Crippen molar-refractivity contribution in [2.24, 2.45) is 4.99 Å². The highest BCUT2D eigenvalue weighted by molar-refractivity contribution is 6.15. The minimum Gasteiger partial charge on any atom is -0.493 e. The van der Waals surface area contributed by atoms with E-state index in [9.17, 15) is 4.79 Å². The predicted octanol–water partition coefficient (Wildman–Crippen LogP) is 4.75. The third kappa shape index (κ3) is 4.81. The van der Waals surface area contributed by atoms with Crippen LogP contribution in [0.3, 0.4) is 0 Å². The lowest BCUT2D eigenvalue weighted by atomic mass is 9.79. The molecule has 2 aromatic rings. The molecule has 0 radical (unpaired) electrons. The number of carbonyl (C=O) groups is 1. The zero-order chi connectivity index (χ0) is 24.4. The van der Waals surface area contributed by atoms with Gasteiger partial charge in [0.2, 0.25) is 0 Å². The molecule has 0 spiro atoms. The van der Waals surface area contributed by atoms with Gasteiger partial charge in [0.1, 0.15) is 0 Å². The summed E-state index contributed by atoms with van der Waals surface area (Å²) < 4.78 is 11.6. The van der Waals surface area contributed by atoms with Crippen LogP contribution in [-0.2, 0) is 0 Å². The molecule has 3 heterocycles. The first-order valence-corrected chi connectivity index (χ1v) is 13.1. The van der Waals surface area contributed by atoms with Crippen LogP contribution in [0, 0.1) is 0 Å². The summed E-state index contributed by atoms with van der Waals surface area (Å²) in [6, 6.07) is 12.6. The number of hydrogen-bond donors (Lipinski definition) is 0. The summed E-state index contributed by atoms with van der Waals surface area (Å²) in [6.07, 6.45) is 5.66. The van der Waals surface area contributed by atoms with E-state index in [1.807, 2.05) is 24.0 Å². The highest BCUT2D eigenvalue weighted by atomic mass is 16.5. The van der Waals surface area contributed by atoms with Gasteiger partial charge in [-0.2, -0.15) is 0 Å². The zero-order valence-corrected chi connectivity index (χ0v) is 21.3. The van der Waals surface area contributed by atoms with Crippen LogP contribution in [0.15, 0.2) is 41.4 Å². The molecule has 35 heavy (non-hydrogen) atoms. The Kier molecular flexibility index (Phi) is 7.09. The van der Waals surface area contributed by atoms with E-state index in [-0.39, 0.29) is 11.9 Å². The first kappa shape index (κ1) is 23.9. The van der Waals surface area contributed by atoms with E-state index in [1.54, 1.807) is 7.11 Å². The summed E-state index contributed by atoms with van der Waals surface area (Å²) in [5, 5.41) is 0. The number of nitrogens with zero attached hydrogens (tertiary/aromatic N) is 3. The van der Waals surface area contributed by atoms with Gasteiger partial charge < -0.3 is 19.3 Å². The van der Waals surface area contributed by atoms with Gasteiger partial charge in [-0.05, 0) is 69.6 Å². The number of likely N-dealkylation sites (N-methyl/N-ethyl adjacent to an activating group) is 1. The van der Waals surface area contributed by atoms with Crippen LogP contribution in [0.2, 0.25) is 0 Å². The molecule has 2 saturated heterocycles. The molecule has 6 heteroatoms. The van der Waals surface area contributed by atoms with E-state index in [0.29, 0.717) is 12.5 Å². The number of rotatable bonds is 5. The van der Waals surface area contributed by atoms with E-state index in [0.717, 1.165) is 79.3 Å². The van der Waals surface area contributed by atoms with Crippen LogP contribution in [0.25, 0.3) is 0 Å². The van der Waals surface area contributed by atoms with Gasteiger partial charge in [0, 0.05) is 42.2 Å². The monoisotopic (exact) mass is 475 g/mol. The number of ether oxygens (including phenoxy) is 2. The molecular weight excluding hydrogens is 438 g/mol. The van der Waals surface area contributed by atoms with Crippen LogP contribution in [0.4, 0.5) is 0 Å².